The molecule has 0 bridgehead atoms. The molecule has 1 saturated heterocycles. The molecule has 8 nitrogen and oxygen atoms in total. The maximum Gasteiger partial charge on any atom is 0.291 e. The van der Waals surface area contributed by atoms with Gasteiger partial charge in [-0.25, -0.2) is 4.68 Å². The molecule has 4 rings (SSSR count). The number of aromatic nitrogens is 4. The molecule has 1 fully saturated rings. The van der Waals surface area contributed by atoms with E-state index in [-0.39, 0.29) is 29.7 Å². The summed E-state index contributed by atoms with van der Waals surface area (Å²) in [6.45, 7) is 0.786. The minimum Gasteiger partial charge on any atom is -0.340 e. The van der Waals surface area contributed by atoms with Crippen LogP contribution in [0.2, 0.25) is 0 Å². The average molecular weight is 365 g/mol. The molecule has 1 amide bonds. The first-order chi connectivity index (χ1) is 13.1. The van der Waals surface area contributed by atoms with Crippen molar-refractivity contribution in [1.29, 1.82) is 0 Å². The molecule has 8 heteroatoms. The first-order valence-corrected chi connectivity index (χ1v) is 8.89. The quantitative estimate of drug-likeness (QED) is 0.644. The van der Waals surface area contributed by atoms with Crippen molar-refractivity contribution in [3.8, 4) is 0 Å². The lowest BCUT2D eigenvalue weighted by molar-refractivity contribution is -0.133. The van der Waals surface area contributed by atoms with Crippen molar-refractivity contribution in [3.63, 3.8) is 0 Å². The van der Waals surface area contributed by atoms with E-state index in [9.17, 15) is 14.4 Å². The van der Waals surface area contributed by atoms with E-state index in [2.05, 4.69) is 10.1 Å². The van der Waals surface area contributed by atoms with Gasteiger partial charge in [0.1, 0.15) is 24.1 Å². The summed E-state index contributed by atoms with van der Waals surface area (Å²) in [6.07, 6.45) is 6.30. The molecular formula is C19H19N5O3. The third-order valence-electron chi connectivity index (χ3n) is 4.90. The number of nitrogens with zero attached hydrogens (tertiary/aromatic N) is 5. The molecule has 1 aliphatic rings. The maximum absolute atomic E-state index is 12.7. The van der Waals surface area contributed by atoms with Crippen molar-refractivity contribution >= 4 is 17.2 Å². The van der Waals surface area contributed by atoms with Crippen LogP contribution in [0.5, 0.6) is 0 Å². The Hall–Kier alpha value is -3.29. The molecule has 0 aromatic carbocycles. The summed E-state index contributed by atoms with van der Waals surface area (Å²) in [5, 5.41) is 4.06. The Morgan fingerprint density at radius 1 is 1.19 bits per heavy atom. The molecule has 3 aromatic heterocycles. The molecule has 0 saturated carbocycles. The lowest BCUT2D eigenvalue weighted by atomic mass is 9.92. The van der Waals surface area contributed by atoms with Gasteiger partial charge < -0.3 is 9.30 Å². The van der Waals surface area contributed by atoms with E-state index >= 15 is 0 Å². The van der Waals surface area contributed by atoms with Crippen molar-refractivity contribution in [2.24, 2.45) is 5.92 Å². The fraction of sp³-hybridized carbons (Fsp3) is 0.316. The number of hydrogen-bond acceptors (Lipinski definition) is 5. The molecular weight excluding hydrogens is 346 g/mol. The van der Waals surface area contributed by atoms with Crippen LogP contribution >= 0.6 is 0 Å². The molecule has 1 aliphatic heterocycles. The van der Waals surface area contributed by atoms with Crippen molar-refractivity contribution < 1.29 is 9.59 Å². The lowest BCUT2D eigenvalue weighted by Crippen LogP contribution is -2.45. The summed E-state index contributed by atoms with van der Waals surface area (Å²) >= 11 is 0. The van der Waals surface area contributed by atoms with Crippen LogP contribution in [0.1, 0.15) is 23.3 Å². The van der Waals surface area contributed by atoms with E-state index in [1.807, 2.05) is 0 Å². The van der Waals surface area contributed by atoms with Crippen LogP contribution in [0.15, 0.2) is 53.8 Å². The Morgan fingerprint density at radius 2 is 2.07 bits per heavy atom. The number of Topliss-reactive ketones (excluding diaryl/α,β-unsaturated/α-hetero) is 1. The zero-order valence-corrected chi connectivity index (χ0v) is 14.7. The van der Waals surface area contributed by atoms with Crippen LogP contribution in [0.25, 0.3) is 5.52 Å². The van der Waals surface area contributed by atoms with Crippen molar-refractivity contribution in [1.82, 2.24) is 24.1 Å². The number of pyridine rings is 1. The number of fused-ring (bicyclic) bond motifs is 1. The van der Waals surface area contributed by atoms with Gasteiger partial charge in [-0.1, -0.05) is 6.07 Å². The summed E-state index contributed by atoms with van der Waals surface area (Å²) in [5.74, 6) is -0.521. The van der Waals surface area contributed by atoms with Gasteiger partial charge in [0, 0.05) is 31.4 Å². The Kier molecular flexibility index (Phi) is 4.53. The third-order valence-corrected chi connectivity index (χ3v) is 4.90. The average Bonchev–Trinajstić information content (AvgIpc) is 3.20. The number of rotatable bonds is 4. The van der Waals surface area contributed by atoms with Crippen molar-refractivity contribution in [2.45, 2.75) is 19.4 Å². The van der Waals surface area contributed by atoms with E-state index in [0.717, 1.165) is 12.8 Å². The predicted octanol–water partition coefficient (Wildman–Crippen LogP) is 1.01. The molecule has 3 aromatic rings. The molecule has 0 radical (unpaired) electrons. The minimum absolute atomic E-state index is 0.0435. The summed E-state index contributed by atoms with van der Waals surface area (Å²) in [4.78, 5) is 43.5. The first kappa shape index (κ1) is 17.1. The number of amides is 1. The fourth-order valence-electron chi connectivity index (χ4n) is 3.45. The van der Waals surface area contributed by atoms with E-state index in [1.165, 1.54) is 11.0 Å². The molecule has 138 valence electrons. The minimum atomic E-state index is -0.311. The topological polar surface area (TPSA) is 89.6 Å². The number of hydrogen-bond donors (Lipinski definition) is 0. The number of ketones is 1. The largest absolute Gasteiger partial charge is 0.340 e. The second-order valence-corrected chi connectivity index (χ2v) is 6.65. The van der Waals surface area contributed by atoms with E-state index < -0.39 is 0 Å². The summed E-state index contributed by atoms with van der Waals surface area (Å²) in [7, 11) is 0. The van der Waals surface area contributed by atoms with Gasteiger partial charge in [0.15, 0.2) is 5.78 Å². The van der Waals surface area contributed by atoms with Gasteiger partial charge in [-0.05, 0) is 37.1 Å². The smallest absolute Gasteiger partial charge is 0.291 e. The molecule has 0 N–H and O–H groups in total. The van der Waals surface area contributed by atoms with E-state index in [4.69, 9.17) is 0 Å². The van der Waals surface area contributed by atoms with Crippen LogP contribution in [-0.2, 0) is 11.3 Å². The van der Waals surface area contributed by atoms with Crippen molar-refractivity contribution in [2.75, 3.05) is 13.1 Å². The third kappa shape index (κ3) is 3.38. The van der Waals surface area contributed by atoms with Gasteiger partial charge in [0.05, 0.1) is 0 Å². The number of carbonyl (C=O) groups is 2. The van der Waals surface area contributed by atoms with Gasteiger partial charge in [0.25, 0.3) is 5.56 Å². The Labute approximate surface area is 155 Å². The molecule has 0 aliphatic carbocycles. The Bertz CT molecular complexity index is 1040. The highest BCUT2D eigenvalue weighted by molar-refractivity contribution is 5.96. The van der Waals surface area contributed by atoms with Crippen LogP contribution in [0.4, 0.5) is 0 Å². The van der Waals surface area contributed by atoms with Gasteiger partial charge in [-0.2, -0.15) is 5.10 Å². The summed E-state index contributed by atoms with van der Waals surface area (Å²) < 4.78 is 2.79. The monoisotopic (exact) mass is 365 g/mol. The van der Waals surface area contributed by atoms with Crippen LogP contribution in [-0.4, -0.2) is 48.8 Å². The van der Waals surface area contributed by atoms with Crippen LogP contribution in [0, 0.1) is 5.92 Å². The van der Waals surface area contributed by atoms with E-state index in [1.54, 1.807) is 52.0 Å². The zero-order chi connectivity index (χ0) is 18.8. The normalized spacial score (nSPS) is 17.2. The van der Waals surface area contributed by atoms with Crippen LogP contribution < -0.4 is 5.56 Å². The fourth-order valence-corrected chi connectivity index (χ4v) is 3.45. The Balaban J connectivity index is 1.47. The summed E-state index contributed by atoms with van der Waals surface area (Å²) in [5.41, 5.74) is 0.585. The molecule has 0 spiro atoms. The van der Waals surface area contributed by atoms with Crippen molar-refractivity contribution in [3.05, 3.63) is 65.1 Å². The van der Waals surface area contributed by atoms with Gasteiger partial charge in [-0.15, -0.1) is 0 Å². The lowest BCUT2D eigenvalue weighted by Gasteiger charge is -2.32. The molecule has 1 atom stereocenters. The molecule has 27 heavy (non-hydrogen) atoms. The summed E-state index contributed by atoms with van der Waals surface area (Å²) in [6, 6.07) is 8.68. The Morgan fingerprint density at radius 3 is 2.89 bits per heavy atom. The number of likely N-dealkylation sites (tertiary alicyclic amines) is 1. The van der Waals surface area contributed by atoms with Crippen LogP contribution in [0.3, 0.4) is 0 Å². The van der Waals surface area contributed by atoms with Gasteiger partial charge >= 0.3 is 0 Å². The molecule has 4 heterocycles. The highest BCUT2D eigenvalue weighted by Crippen LogP contribution is 2.20. The number of piperidine rings is 1. The van der Waals surface area contributed by atoms with Gasteiger partial charge in [-0.3, -0.25) is 19.4 Å². The standard InChI is InChI=1S/C19H19N5O3/c25-17(12-24-19(27)16-7-4-10-23(16)13-21-24)22-9-3-5-14(11-22)18(26)15-6-1-2-8-20-15/h1-2,4,6-8,10,13-14H,3,5,9,11-12H2/t14-/m1/s1. The predicted molar refractivity (Wildman–Crippen MR) is 97.3 cm³/mol. The second-order valence-electron chi connectivity index (χ2n) is 6.65. The second kappa shape index (κ2) is 7.14. The maximum atomic E-state index is 12.7. The zero-order valence-electron chi connectivity index (χ0n) is 14.7. The highest BCUT2D eigenvalue weighted by Gasteiger charge is 2.29. The first-order valence-electron chi connectivity index (χ1n) is 8.89. The molecule has 0 unspecified atom stereocenters. The van der Waals surface area contributed by atoms with E-state index in [0.29, 0.717) is 24.3 Å². The highest BCUT2D eigenvalue weighted by atomic mass is 16.2. The number of carbonyl (C=O) groups excluding carboxylic acids is 2. The van der Waals surface area contributed by atoms with Gasteiger partial charge in [0.2, 0.25) is 5.91 Å². The SMILES string of the molecule is O=C(c1ccccn1)[C@@H]1CCCN(C(=O)Cn2ncn3cccc3c2=O)C1.